The molecular weight excluding hydrogens is 485 g/mol. The second-order valence-electron chi connectivity index (χ2n) is 5.07. The first-order chi connectivity index (χ1) is 12.0. The van der Waals surface area contributed by atoms with Gasteiger partial charge in [0.2, 0.25) is 0 Å². The maximum Gasteiger partial charge on any atom is 0.438 e. The summed E-state index contributed by atoms with van der Waals surface area (Å²) in [6.07, 6.45) is -24.0. The van der Waals surface area contributed by atoms with Gasteiger partial charge >= 0.3 is 53.7 Å². The Kier molecular flexibility index (Phi) is 6.02. The van der Waals surface area contributed by atoms with E-state index < -0.39 is 53.7 Å². The van der Waals surface area contributed by atoms with Gasteiger partial charge in [0, 0.05) is 0 Å². The zero-order valence-corrected chi connectivity index (χ0v) is 12.1. The van der Waals surface area contributed by atoms with E-state index in [1.54, 1.807) is 0 Å². The van der Waals surface area contributed by atoms with Gasteiger partial charge in [-0.25, -0.2) is 4.39 Å². The van der Waals surface area contributed by atoms with E-state index in [9.17, 15) is 83.4 Å². The van der Waals surface area contributed by atoms with Gasteiger partial charge < -0.3 is 5.11 Å². The van der Waals surface area contributed by atoms with E-state index >= 15 is 0 Å². The second-order valence-corrected chi connectivity index (χ2v) is 5.07. The number of alkyl halides is 19. The van der Waals surface area contributed by atoms with E-state index in [1.165, 1.54) is 0 Å². The minimum Gasteiger partial charge on any atom is -0.331 e. The van der Waals surface area contributed by atoms with Crippen molar-refractivity contribution < 1.29 is 88.5 Å². The molecule has 0 bridgehead atoms. The summed E-state index contributed by atoms with van der Waals surface area (Å²) in [6.45, 7) is 0. The van der Waals surface area contributed by atoms with Crippen molar-refractivity contribution in [2.75, 3.05) is 0 Å². The summed E-state index contributed by atoms with van der Waals surface area (Å²) >= 11 is 0. The minimum absolute atomic E-state index is 7.37. The van der Waals surface area contributed by atoms with Crippen LogP contribution in [0, 0.1) is 0 Å². The normalized spacial score (nSPS) is 17.0. The molecule has 0 atom stereocenters. The SMILES string of the molecule is OC(F)(F)C(F)(F)C(F)(F)C(F)(F)C(F)(F)C(F)(F)C(F)(C(F)(F)F)C(F)(F)F. The van der Waals surface area contributed by atoms with Crippen LogP contribution in [0.3, 0.4) is 0 Å². The van der Waals surface area contributed by atoms with E-state index in [2.05, 4.69) is 0 Å². The van der Waals surface area contributed by atoms with Crippen molar-refractivity contribution in [3.63, 3.8) is 0 Å². The Balaban J connectivity index is 7.04. The highest BCUT2D eigenvalue weighted by Gasteiger charge is 2.98. The van der Waals surface area contributed by atoms with Crippen LogP contribution in [0.1, 0.15) is 0 Å². The molecule has 0 aromatic carbocycles. The molecule has 0 aromatic heterocycles. The lowest BCUT2D eigenvalue weighted by Crippen LogP contribution is -2.77. The van der Waals surface area contributed by atoms with Crippen molar-refractivity contribution in [3.05, 3.63) is 0 Å². The maximum atomic E-state index is 13.1. The molecule has 0 fully saturated rings. The molecule has 0 amide bonds. The van der Waals surface area contributed by atoms with Gasteiger partial charge in [-0.1, -0.05) is 0 Å². The first-order valence-electron chi connectivity index (χ1n) is 5.81. The van der Waals surface area contributed by atoms with Crippen LogP contribution in [0.5, 0.6) is 0 Å². The molecule has 1 nitrogen and oxygen atoms in total. The zero-order chi connectivity index (χ0) is 24.5. The van der Waals surface area contributed by atoms with E-state index in [0.717, 1.165) is 0 Å². The van der Waals surface area contributed by atoms with Crippen LogP contribution in [-0.4, -0.2) is 58.8 Å². The smallest absolute Gasteiger partial charge is 0.331 e. The number of halogens is 19. The first-order valence-corrected chi connectivity index (χ1v) is 5.81. The van der Waals surface area contributed by atoms with Crippen LogP contribution in [0.4, 0.5) is 83.4 Å². The van der Waals surface area contributed by atoms with Crippen LogP contribution in [0.15, 0.2) is 0 Å². The van der Waals surface area contributed by atoms with Crippen LogP contribution in [-0.2, 0) is 0 Å². The quantitative estimate of drug-likeness (QED) is 0.487. The summed E-state index contributed by atoms with van der Waals surface area (Å²) < 4.78 is 239. The van der Waals surface area contributed by atoms with Gasteiger partial charge in [-0.05, 0) is 0 Å². The fourth-order valence-corrected chi connectivity index (χ4v) is 1.51. The lowest BCUT2D eigenvalue weighted by molar-refractivity contribution is -0.481. The maximum absolute atomic E-state index is 13.1. The van der Waals surface area contributed by atoms with Crippen LogP contribution in [0.25, 0.3) is 0 Å². The molecule has 0 aliphatic carbocycles. The number of rotatable bonds is 6. The predicted octanol–water partition coefficient (Wildman–Crippen LogP) is 5.58. The highest BCUT2D eigenvalue weighted by molar-refractivity contribution is 5.18. The third-order valence-electron chi connectivity index (χ3n) is 3.17. The standard InChI is InChI=1S/C9HF19O/c10-1(7(21,22)23,8(24,25)26)2(11,12)3(13,14)4(15,16)5(17,18)6(19,20)9(27,28)29/h29H. The van der Waals surface area contributed by atoms with Crippen molar-refractivity contribution in [1.29, 1.82) is 0 Å². The summed E-state index contributed by atoms with van der Waals surface area (Å²) in [5.74, 6) is -43.9. The Bertz CT molecular complexity index is 589. The number of aliphatic hydroxyl groups is 1. The second kappa shape index (κ2) is 6.32. The van der Waals surface area contributed by atoms with Gasteiger partial charge in [-0.3, -0.25) is 0 Å². The number of hydrogen-bond donors (Lipinski definition) is 1. The Morgan fingerprint density at radius 1 is 0.310 bits per heavy atom. The van der Waals surface area contributed by atoms with Crippen LogP contribution >= 0.6 is 0 Å². The Morgan fingerprint density at radius 3 is 0.724 bits per heavy atom. The Labute approximate surface area is 144 Å². The van der Waals surface area contributed by atoms with E-state index in [4.69, 9.17) is 5.11 Å². The zero-order valence-electron chi connectivity index (χ0n) is 12.1. The summed E-state index contributed by atoms with van der Waals surface area (Å²) in [7, 11) is 0. The molecule has 0 rings (SSSR count). The average Bonchev–Trinajstić information content (AvgIpc) is 2.41. The molecule has 20 heteroatoms. The molecule has 0 aliphatic heterocycles. The molecule has 29 heavy (non-hydrogen) atoms. The van der Waals surface area contributed by atoms with Crippen LogP contribution < -0.4 is 0 Å². The summed E-state index contributed by atoms with van der Waals surface area (Å²) in [5.41, 5.74) is -8.76. The summed E-state index contributed by atoms with van der Waals surface area (Å²) in [5, 5.41) is 7.37. The van der Waals surface area contributed by atoms with Crippen molar-refractivity contribution in [2.24, 2.45) is 0 Å². The fraction of sp³-hybridized carbons (Fsp3) is 1.00. The lowest BCUT2D eigenvalue weighted by Gasteiger charge is -2.44. The van der Waals surface area contributed by atoms with Gasteiger partial charge in [0.25, 0.3) is 0 Å². The molecule has 0 aliphatic rings. The van der Waals surface area contributed by atoms with Gasteiger partial charge in [-0.2, -0.15) is 79.0 Å². The molecule has 0 saturated carbocycles. The van der Waals surface area contributed by atoms with Gasteiger partial charge in [0.15, 0.2) is 0 Å². The number of hydrogen-bond acceptors (Lipinski definition) is 1. The highest BCUT2D eigenvalue weighted by atomic mass is 19.4. The summed E-state index contributed by atoms with van der Waals surface area (Å²) in [4.78, 5) is 0. The monoisotopic (exact) mass is 486 g/mol. The van der Waals surface area contributed by atoms with Crippen molar-refractivity contribution >= 4 is 0 Å². The van der Waals surface area contributed by atoms with Crippen molar-refractivity contribution in [3.8, 4) is 0 Å². The molecule has 0 unspecified atom stereocenters. The van der Waals surface area contributed by atoms with E-state index in [0.29, 0.717) is 0 Å². The Hall–Kier alpha value is -1.37. The molecule has 1 N–H and O–H groups in total. The molecule has 0 aromatic rings. The largest absolute Gasteiger partial charge is 0.438 e. The van der Waals surface area contributed by atoms with E-state index in [-0.39, 0.29) is 0 Å². The summed E-state index contributed by atoms with van der Waals surface area (Å²) in [6, 6.07) is 0. The fourth-order valence-electron chi connectivity index (χ4n) is 1.51. The van der Waals surface area contributed by atoms with E-state index in [1.807, 2.05) is 0 Å². The molecule has 0 heterocycles. The van der Waals surface area contributed by atoms with Crippen molar-refractivity contribution in [2.45, 2.75) is 53.7 Å². The topological polar surface area (TPSA) is 20.2 Å². The van der Waals surface area contributed by atoms with Gasteiger partial charge in [0.05, 0.1) is 0 Å². The minimum atomic E-state index is -9.06. The molecule has 0 saturated heterocycles. The predicted molar refractivity (Wildman–Crippen MR) is 47.8 cm³/mol. The average molecular weight is 486 g/mol. The molecule has 0 radical (unpaired) electrons. The first kappa shape index (κ1) is 27.6. The molecular formula is C9HF19O. The molecule has 0 spiro atoms. The van der Waals surface area contributed by atoms with Gasteiger partial charge in [-0.15, -0.1) is 0 Å². The van der Waals surface area contributed by atoms with Crippen LogP contribution in [0.2, 0.25) is 0 Å². The Morgan fingerprint density at radius 2 is 0.517 bits per heavy atom. The lowest BCUT2D eigenvalue weighted by atomic mass is 9.84. The highest BCUT2D eigenvalue weighted by Crippen LogP contribution is 2.65. The third kappa shape index (κ3) is 3.24. The van der Waals surface area contributed by atoms with Gasteiger partial charge in [0.1, 0.15) is 0 Å². The van der Waals surface area contributed by atoms with Crippen molar-refractivity contribution in [1.82, 2.24) is 0 Å². The molecule has 176 valence electrons. The third-order valence-corrected chi connectivity index (χ3v) is 3.17.